The van der Waals surface area contributed by atoms with E-state index in [-0.39, 0.29) is 6.61 Å². The Morgan fingerprint density at radius 1 is 1.33 bits per heavy atom. The molecule has 0 amide bonds. The molecule has 0 spiro atoms. The Hall–Kier alpha value is -1.56. The van der Waals surface area contributed by atoms with Gasteiger partial charge in [-0.25, -0.2) is 0 Å². The van der Waals surface area contributed by atoms with Gasteiger partial charge in [-0.05, 0) is 50.8 Å². The molecule has 0 radical (unpaired) electrons. The zero-order valence-corrected chi connectivity index (χ0v) is 16.8. The van der Waals surface area contributed by atoms with E-state index in [1.165, 1.54) is 24.9 Å². The number of rotatable bonds is 9. The van der Waals surface area contributed by atoms with Crippen molar-refractivity contribution < 1.29 is 14.6 Å². The summed E-state index contributed by atoms with van der Waals surface area (Å²) >= 11 is 0. The van der Waals surface area contributed by atoms with Gasteiger partial charge in [-0.1, -0.05) is 12.1 Å². The van der Waals surface area contributed by atoms with Crippen molar-refractivity contribution in [1.29, 1.82) is 0 Å². The van der Waals surface area contributed by atoms with Gasteiger partial charge in [0, 0.05) is 43.9 Å². The molecule has 0 aromatic heterocycles. The molecule has 27 heavy (non-hydrogen) atoms. The minimum absolute atomic E-state index is 0.244. The summed E-state index contributed by atoms with van der Waals surface area (Å²) in [5.41, 5.74) is 2.36. The molecule has 5 nitrogen and oxygen atoms in total. The summed E-state index contributed by atoms with van der Waals surface area (Å²) in [6, 6.07) is 5.41. The van der Waals surface area contributed by atoms with Crippen molar-refractivity contribution >= 4 is 0 Å². The van der Waals surface area contributed by atoms with E-state index in [4.69, 9.17) is 9.47 Å². The third kappa shape index (κ3) is 4.65. The van der Waals surface area contributed by atoms with Crippen LogP contribution in [0, 0.1) is 0 Å². The highest BCUT2D eigenvalue weighted by Crippen LogP contribution is 2.35. The standard InChI is InChI=1S/C22H34N2O3/c1-4-7-18-12-17(13-21(26-3)22(18)27-5-2)14-24-16-19-8-6-10-23(19)15-20(24)9-11-25/h4,12-13,19-20,25H,1,5-11,14-16H2,2-3H3/t19?,20-/m0/s1. The van der Waals surface area contributed by atoms with Crippen molar-refractivity contribution in [3.05, 3.63) is 35.9 Å². The molecule has 1 aromatic rings. The first-order chi connectivity index (χ1) is 13.2. The fraction of sp³-hybridized carbons (Fsp3) is 0.636. The average Bonchev–Trinajstić information content (AvgIpc) is 3.11. The van der Waals surface area contributed by atoms with E-state index >= 15 is 0 Å². The Balaban J connectivity index is 1.83. The molecule has 0 aliphatic carbocycles. The number of benzene rings is 1. The van der Waals surface area contributed by atoms with E-state index in [1.54, 1.807) is 7.11 Å². The van der Waals surface area contributed by atoms with Crippen LogP contribution in [0.2, 0.25) is 0 Å². The number of nitrogens with zero attached hydrogens (tertiary/aromatic N) is 2. The van der Waals surface area contributed by atoms with Crippen LogP contribution in [0.1, 0.15) is 37.3 Å². The number of hydrogen-bond acceptors (Lipinski definition) is 5. The second-order valence-electron chi connectivity index (χ2n) is 7.60. The van der Waals surface area contributed by atoms with Crippen LogP contribution < -0.4 is 9.47 Å². The predicted molar refractivity (Wildman–Crippen MR) is 109 cm³/mol. The smallest absolute Gasteiger partial charge is 0.164 e. The lowest BCUT2D eigenvalue weighted by Crippen LogP contribution is -2.55. The molecule has 2 aliphatic heterocycles. The van der Waals surface area contributed by atoms with Crippen LogP contribution in [0.5, 0.6) is 11.5 Å². The number of aliphatic hydroxyl groups excluding tert-OH is 1. The molecule has 1 unspecified atom stereocenters. The van der Waals surface area contributed by atoms with Gasteiger partial charge in [-0.3, -0.25) is 9.80 Å². The Morgan fingerprint density at radius 2 is 2.19 bits per heavy atom. The van der Waals surface area contributed by atoms with Gasteiger partial charge in [0.05, 0.1) is 13.7 Å². The molecule has 2 saturated heterocycles. The summed E-state index contributed by atoms with van der Waals surface area (Å²) in [5.74, 6) is 1.63. The number of aliphatic hydroxyl groups is 1. The van der Waals surface area contributed by atoms with Crippen molar-refractivity contribution in [2.24, 2.45) is 0 Å². The predicted octanol–water partition coefficient (Wildman–Crippen LogP) is 2.85. The Morgan fingerprint density at radius 3 is 2.89 bits per heavy atom. The Bertz CT molecular complexity index is 634. The SMILES string of the molecule is C=CCc1cc(CN2CC3CCCN3C[C@@H]2CCO)cc(OC)c1OCC. The lowest BCUT2D eigenvalue weighted by molar-refractivity contribution is 0.0333. The number of methoxy groups -OCH3 is 1. The van der Waals surface area contributed by atoms with Crippen LogP contribution in [0.25, 0.3) is 0 Å². The molecule has 0 bridgehead atoms. The summed E-state index contributed by atoms with van der Waals surface area (Å²) in [5, 5.41) is 9.54. The molecule has 5 heteroatoms. The first kappa shape index (κ1) is 20.2. The van der Waals surface area contributed by atoms with Crippen LogP contribution in [0.4, 0.5) is 0 Å². The lowest BCUT2D eigenvalue weighted by atomic mass is 10.0. The molecule has 1 aromatic carbocycles. The van der Waals surface area contributed by atoms with Crippen LogP contribution in [0.3, 0.4) is 0 Å². The zero-order valence-electron chi connectivity index (χ0n) is 16.8. The molecule has 2 heterocycles. The number of piperazine rings is 1. The molecule has 2 atom stereocenters. The zero-order chi connectivity index (χ0) is 19.2. The van der Waals surface area contributed by atoms with Gasteiger partial charge in [-0.15, -0.1) is 6.58 Å². The fourth-order valence-corrected chi connectivity index (χ4v) is 4.58. The maximum Gasteiger partial charge on any atom is 0.164 e. The lowest BCUT2D eigenvalue weighted by Gasteiger charge is -2.43. The van der Waals surface area contributed by atoms with Gasteiger partial charge < -0.3 is 14.6 Å². The number of allylic oxidation sites excluding steroid dienone is 1. The normalized spacial score (nSPS) is 23.2. The number of fused-ring (bicyclic) bond motifs is 1. The van der Waals surface area contributed by atoms with E-state index < -0.39 is 0 Å². The van der Waals surface area contributed by atoms with E-state index in [0.717, 1.165) is 49.5 Å². The third-order valence-electron chi connectivity index (χ3n) is 5.82. The van der Waals surface area contributed by atoms with Crippen LogP contribution in [-0.2, 0) is 13.0 Å². The van der Waals surface area contributed by atoms with E-state index in [0.29, 0.717) is 18.7 Å². The topological polar surface area (TPSA) is 45.2 Å². The summed E-state index contributed by atoms with van der Waals surface area (Å²) in [6.07, 6.45) is 6.08. The average molecular weight is 375 g/mol. The first-order valence-electron chi connectivity index (χ1n) is 10.2. The minimum Gasteiger partial charge on any atom is -0.493 e. The molecule has 3 rings (SSSR count). The van der Waals surface area contributed by atoms with Gasteiger partial charge in [0.1, 0.15) is 0 Å². The first-order valence-corrected chi connectivity index (χ1v) is 10.2. The molecule has 2 fully saturated rings. The summed E-state index contributed by atoms with van der Waals surface area (Å²) in [4.78, 5) is 5.16. The third-order valence-corrected chi connectivity index (χ3v) is 5.82. The van der Waals surface area contributed by atoms with Crippen LogP contribution in [0.15, 0.2) is 24.8 Å². The van der Waals surface area contributed by atoms with Gasteiger partial charge in [0.15, 0.2) is 11.5 Å². The van der Waals surface area contributed by atoms with Gasteiger partial charge >= 0.3 is 0 Å². The second kappa shape index (κ2) is 9.58. The molecular weight excluding hydrogens is 340 g/mol. The molecule has 150 valence electrons. The maximum atomic E-state index is 9.54. The summed E-state index contributed by atoms with van der Waals surface area (Å²) < 4.78 is 11.5. The highest BCUT2D eigenvalue weighted by Gasteiger charge is 2.36. The van der Waals surface area contributed by atoms with E-state index in [9.17, 15) is 5.11 Å². The molecular formula is C22H34N2O3. The van der Waals surface area contributed by atoms with Gasteiger partial charge in [0.25, 0.3) is 0 Å². The largest absolute Gasteiger partial charge is 0.493 e. The molecule has 2 aliphatic rings. The van der Waals surface area contributed by atoms with Crippen molar-refractivity contribution in [3.8, 4) is 11.5 Å². The Kier molecular flexibility index (Phi) is 7.16. The van der Waals surface area contributed by atoms with Crippen molar-refractivity contribution in [2.45, 2.75) is 51.2 Å². The van der Waals surface area contributed by atoms with Crippen molar-refractivity contribution in [1.82, 2.24) is 9.80 Å². The van der Waals surface area contributed by atoms with Crippen LogP contribution in [-0.4, -0.2) is 66.9 Å². The van der Waals surface area contributed by atoms with Gasteiger partial charge in [0.2, 0.25) is 0 Å². The number of hydrogen-bond donors (Lipinski definition) is 1. The number of ether oxygens (including phenoxy) is 2. The highest BCUT2D eigenvalue weighted by molar-refractivity contribution is 5.50. The quantitative estimate of drug-likeness (QED) is 0.674. The van der Waals surface area contributed by atoms with E-state index in [1.807, 2.05) is 13.0 Å². The van der Waals surface area contributed by atoms with Gasteiger partial charge in [-0.2, -0.15) is 0 Å². The summed E-state index contributed by atoms with van der Waals surface area (Å²) in [6.45, 7) is 11.0. The Labute approximate surface area is 163 Å². The maximum absolute atomic E-state index is 9.54. The highest BCUT2D eigenvalue weighted by atomic mass is 16.5. The van der Waals surface area contributed by atoms with Crippen molar-refractivity contribution in [3.63, 3.8) is 0 Å². The summed E-state index contributed by atoms with van der Waals surface area (Å²) in [7, 11) is 1.70. The van der Waals surface area contributed by atoms with Crippen LogP contribution >= 0.6 is 0 Å². The van der Waals surface area contributed by atoms with E-state index in [2.05, 4.69) is 28.5 Å². The minimum atomic E-state index is 0.244. The van der Waals surface area contributed by atoms with Crippen molar-refractivity contribution in [2.75, 3.05) is 40.0 Å². The monoisotopic (exact) mass is 374 g/mol. The molecule has 1 N–H and O–H groups in total. The molecule has 0 saturated carbocycles. The second-order valence-corrected chi connectivity index (χ2v) is 7.60. The fourth-order valence-electron chi connectivity index (χ4n) is 4.58.